The Hall–Kier alpha value is -1.94. The van der Waals surface area contributed by atoms with E-state index in [2.05, 4.69) is 21.6 Å². The molecule has 0 atom stereocenters. The second-order valence-electron chi connectivity index (χ2n) is 5.35. The van der Waals surface area contributed by atoms with Gasteiger partial charge in [0.1, 0.15) is 0 Å². The van der Waals surface area contributed by atoms with Crippen molar-refractivity contribution < 1.29 is 0 Å². The van der Waals surface area contributed by atoms with Crippen LogP contribution in [0.2, 0.25) is 0 Å². The highest BCUT2D eigenvalue weighted by Crippen LogP contribution is 2.32. The van der Waals surface area contributed by atoms with Gasteiger partial charge in [-0.3, -0.25) is 0 Å². The summed E-state index contributed by atoms with van der Waals surface area (Å²) in [6.07, 6.45) is 5.14. The molecule has 0 saturated heterocycles. The van der Waals surface area contributed by atoms with Gasteiger partial charge in [0.15, 0.2) is 5.82 Å². The summed E-state index contributed by atoms with van der Waals surface area (Å²) in [4.78, 5) is 0. The van der Waals surface area contributed by atoms with Crippen molar-refractivity contribution in [1.29, 1.82) is 0 Å². The summed E-state index contributed by atoms with van der Waals surface area (Å²) in [5, 5.41) is 11.9. The van der Waals surface area contributed by atoms with Crippen LogP contribution in [-0.2, 0) is 6.54 Å². The van der Waals surface area contributed by atoms with Crippen LogP contribution in [0, 0.1) is 0 Å². The lowest BCUT2D eigenvalue weighted by atomic mass is 10.0. The zero-order valence-corrected chi connectivity index (χ0v) is 11.5. The van der Waals surface area contributed by atoms with Crippen LogP contribution < -0.4 is 11.1 Å². The normalized spacial score (nSPS) is 15.4. The molecule has 3 rings (SSSR count). The van der Waals surface area contributed by atoms with E-state index in [1.807, 2.05) is 30.3 Å². The zero-order valence-electron chi connectivity index (χ0n) is 11.5. The maximum absolute atomic E-state index is 5.59. The molecule has 1 aliphatic carbocycles. The lowest BCUT2D eigenvalue weighted by Gasteiger charge is -2.09. The van der Waals surface area contributed by atoms with Crippen LogP contribution >= 0.6 is 0 Å². The van der Waals surface area contributed by atoms with Gasteiger partial charge in [-0.15, -0.1) is 5.10 Å². The molecule has 0 unspecified atom stereocenters. The van der Waals surface area contributed by atoms with Gasteiger partial charge in [0, 0.05) is 18.2 Å². The van der Waals surface area contributed by atoms with Crippen LogP contribution in [0.5, 0.6) is 0 Å². The molecule has 1 aromatic carbocycles. The van der Waals surface area contributed by atoms with E-state index < -0.39 is 0 Å². The number of nitrogens with two attached hydrogens (primary N) is 1. The number of aromatic nitrogens is 2. The maximum atomic E-state index is 5.59. The van der Waals surface area contributed by atoms with Crippen molar-refractivity contribution in [2.45, 2.75) is 38.1 Å². The van der Waals surface area contributed by atoms with Crippen molar-refractivity contribution in [3.63, 3.8) is 0 Å². The van der Waals surface area contributed by atoms with Crippen molar-refractivity contribution in [2.75, 3.05) is 5.32 Å². The number of hydrogen-bond donors (Lipinski definition) is 2. The lowest BCUT2D eigenvalue weighted by molar-refractivity contribution is 0.681. The average molecular weight is 268 g/mol. The maximum Gasteiger partial charge on any atom is 0.153 e. The first-order valence-corrected chi connectivity index (χ1v) is 7.25. The quantitative estimate of drug-likeness (QED) is 0.892. The Morgan fingerprint density at radius 2 is 1.75 bits per heavy atom. The molecule has 2 aromatic rings. The molecule has 104 valence electrons. The minimum absolute atomic E-state index is 0.566. The molecule has 20 heavy (non-hydrogen) atoms. The summed E-state index contributed by atoms with van der Waals surface area (Å²) in [6, 6.07) is 12.2. The summed E-state index contributed by atoms with van der Waals surface area (Å²) >= 11 is 0. The van der Waals surface area contributed by atoms with Crippen molar-refractivity contribution in [3.8, 4) is 0 Å². The Morgan fingerprint density at radius 3 is 2.35 bits per heavy atom. The first-order chi connectivity index (χ1) is 9.85. The van der Waals surface area contributed by atoms with Gasteiger partial charge in [-0.1, -0.05) is 25.0 Å². The molecular formula is C16H20N4. The Balaban J connectivity index is 1.67. The standard InChI is InChI=1S/C16H20N4/c17-11-12-5-7-14(8-6-12)18-16-10-9-15(19-20-16)13-3-1-2-4-13/h5-10,13H,1-4,11,17H2,(H,18,20). The van der Waals surface area contributed by atoms with Gasteiger partial charge in [-0.2, -0.15) is 5.10 Å². The summed E-state index contributed by atoms with van der Waals surface area (Å²) in [6.45, 7) is 0.566. The van der Waals surface area contributed by atoms with Crippen LogP contribution in [0.25, 0.3) is 0 Å². The lowest BCUT2D eigenvalue weighted by Crippen LogP contribution is -2.01. The predicted molar refractivity (Wildman–Crippen MR) is 80.9 cm³/mol. The molecule has 0 amide bonds. The topological polar surface area (TPSA) is 63.8 Å². The molecule has 1 saturated carbocycles. The van der Waals surface area contributed by atoms with Crippen LogP contribution in [0.4, 0.5) is 11.5 Å². The van der Waals surface area contributed by atoms with Gasteiger partial charge in [0.25, 0.3) is 0 Å². The number of rotatable bonds is 4. The van der Waals surface area contributed by atoms with Crippen LogP contribution in [-0.4, -0.2) is 10.2 Å². The smallest absolute Gasteiger partial charge is 0.153 e. The van der Waals surface area contributed by atoms with Crippen LogP contribution in [0.15, 0.2) is 36.4 Å². The summed E-state index contributed by atoms with van der Waals surface area (Å²) in [7, 11) is 0. The molecule has 0 radical (unpaired) electrons. The number of anilines is 2. The fourth-order valence-electron chi connectivity index (χ4n) is 2.72. The minimum Gasteiger partial charge on any atom is -0.339 e. The number of hydrogen-bond acceptors (Lipinski definition) is 4. The highest BCUT2D eigenvalue weighted by Gasteiger charge is 2.18. The first kappa shape index (κ1) is 13.1. The number of benzene rings is 1. The molecule has 0 aliphatic heterocycles. The van der Waals surface area contributed by atoms with Crippen LogP contribution in [0.1, 0.15) is 42.9 Å². The van der Waals surface area contributed by atoms with E-state index in [0.29, 0.717) is 12.5 Å². The summed E-state index contributed by atoms with van der Waals surface area (Å²) in [5.41, 5.74) is 8.85. The van der Waals surface area contributed by atoms with Gasteiger partial charge in [-0.05, 0) is 42.7 Å². The fourth-order valence-corrected chi connectivity index (χ4v) is 2.72. The molecule has 1 fully saturated rings. The molecule has 1 aromatic heterocycles. The molecule has 3 N–H and O–H groups in total. The Bertz CT molecular complexity index is 542. The third-order valence-corrected chi connectivity index (χ3v) is 3.92. The van der Waals surface area contributed by atoms with Crippen molar-refractivity contribution in [2.24, 2.45) is 5.73 Å². The third-order valence-electron chi connectivity index (χ3n) is 3.92. The summed E-state index contributed by atoms with van der Waals surface area (Å²) < 4.78 is 0. The molecule has 4 nitrogen and oxygen atoms in total. The molecular weight excluding hydrogens is 248 g/mol. The molecule has 1 aliphatic rings. The van der Waals surface area contributed by atoms with E-state index in [4.69, 9.17) is 5.73 Å². The molecule has 4 heteroatoms. The van der Waals surface area contributed by atoms with E-state index >= 15 is 0 Å². The largest absolute Gasteiger partial charge is 0.339 e. The summed E-state index contributed by atoms with van der Waals surface area (Å²) in [5.74, 6) is 1.40. The fraction of sp³-hybridized carbons (Fsp3) is 0.375. The van der Waals surface area contributed by atoms with Gasteiger partial charge in [0.2, 0.25) is 0 Å². The van der Waals surface area contributed by atoms with Crippen molar-refractivity contribution in [1.82, 2.24) is 10.2 Å². The zero-order chi connectivity index (χ0) is 13.8. The average Bonchev–Trinajstić information content (AvgIpc) is 3.03. The Labute approximate surface area is 119 Å². The molecule has 1 heterocycles. The van der Waals surface area contributed by atoms with E-state index in [1.54, 1.807) is 0 Å². The van der Waals surface area contributed by atoms with Gasteiger partial charge in [-0.25, -0.2) is 0 Å². The molecule has 0 bridgehead atoms. The van der Waals surface area contributed by atoms with Crippen molar-refractivity contribution >= 4 is 11.5 Å². The number of nitrogens with zero attached hydrogens (tertiary/aromatic N) is 2. The third kappa shape index (κ3) is 2.96. The SMILES string of the molecule is NCc1ccc(Nc2ccc(C3CCCC3)nn2)cc1. The highest BCUT2D eigenvalue weighted by atomic mass is 15.2. The Morgan fingerprint density at radius 1 is 1.00 bits per heavy atom. The van der Waals surface area contributed by atoms with Gasteiger partial charge in [0.05, 0.1) is 5.69 Å². The Kier molecular flexibility index (Phi) is 3.92. The van der Waals surface area contributed by atoms with Crippen LogP contribution in [0.3, 0.4) is 0 Å². The van der Waals surface area contributed by atoms with E-state index in [9.17, 15) is 0 Å². The monoisotopic (exact) mass is 268 g/mol. The van der Waals surface area contributed by atoms with Gasteiger partial charge >= 0.3 is 0 Å². The minimum atomic E-state index is 0.566. The highest BCUT2D eigenvalue weighted by molar-refractivity contribution is 5.55. The van der Waals surface area contributed by atoms with E-state index in [1.165, 1.54) is 25.7 Å². The predicted octanol–water partition coefficient (Wildman–Crippen LogP) is 3.34. The van der Waals surface area contributed by atoms with Crippen molar-refractivity contribution in [3.05, 3.63) is 47.7 Å². The van der Waals surface area contributed by atoms with Gasteiger partial charge < -0.3 is 11.1 Å². The number of nitrogens with one attached hydrogen (secondary N) is 1. The first-order valence-electron chi connectivity index (χ1n) is 7.25. The van der Waals surface area contributed by atoms with E-state index in [-0.39, 0.29) is 0 Å². The second kappa shape index (κ2) is 6.01. The second-order valence-corrected chi connectivity index (χ2v) is 5.35. The van der Waals surface area contributed by atoms with E-state index in [0.717, 1.165) is 22.8 Å². The molecule has 0 spiro atoms.